The molecule has 0 bridgehead atoms. The normalized spacial score (nSPS) is 10.1. The summed E-state index contributed by atoms with van der Waals surface area (Å²) in [5, 5.41) is 0.664. The molecule has 0 fully saturated rings. The summed E-state index contributed by atoms with van der Waals surface area (Å²) in [5.74, 6) is 0.458. The van der Waals surface area contributed by atoms with Crippen LogP contribution >= 0.6 is 27.5 Å². The van der Waals surface area contributed by atoms with Crippen LogP contribution in [0, 0.1) is 0 Å². The Morgan fingerprint density at radius 2 is 2.14 bits per heavy atom. The third kappa shape index (κ3) is 3.00. The van der Waals surface area contributed by atoms with Gasteiger partial charge in [-0.15, -0.1) is 11.6 Å². The first-order valence-corrected chi connectivity index (χ1v) is 5.87. The van der Waals surface area contributed by atoms with Gasteiger partial charge in [0.25, 0.3) is 0 Å². The van der Waals surface area contributed by atoms with Crippen LogP contribution < -0.4 is 5.73 Å². The van der Waals surface area contributed by atoms with Crippen LogP contribution in [0.2, 0.25) is 0 Å². The highest BCUT2D eigenvalue weighted by Crippen LogP contribution is 2.15. The number of alkyl halides is 2. The average molecular weight is 277 g/mol. The molecule has 0 radical (unpaired) electrons. The Kier molecular flexibility index (Phi) is 4.42. The van der Waals surface area contributed by atoms with Crippen LogP contribution in [0.15, 0.2) is 18.2 Å². The van der Waals surface area contributed by atoms with Crippen LogP contribution in [0.4, 0.5) is 5.69 Å². The van der Waals surface area contributed by atoms with Gasteiger partial charge in [0.15, 0.2) is 5.78 Å². The predicted octanol–water partition coefficient (Wildman–Crippen LogP) is 2.98. The fourth-order valence-corrected chi connectivity index (χ4v) is 1.70. The van der Waals surface area contributed by atoms with Gasteiger partial charge < -0.3 is 5.73 Å². The quantitative estimate of drug-likeness (QED) is 0.522. The van der Waals surface area contributed by atoms with Crippen molar-refractivity contribution >= 4 is 39.0 Å². The van der Waals surface area contributed by atoms with Gasteiger partial charge in [0, 0.05) is 28.9 Å². The summed E-state index contributed by atoms with van der Waals surface area (Å²) in [6.07, 6.45) is 0.477. The first-order valence-electron chi connectivity index (χ1n) is 4.22. The number of ketones is 1. The van der Waals surface area contributed by atoms with Gasteiger partial charge in [-0.05, 0) is 23.8 Å². The molecule has 2 N–H and O–H groups in total. The third-order valence-corrected chi connectivity index (χ3v) is 2.52. The highest BCUT2D eigenvalue weighted by atomic mass is 79.9. The van der Waals surface area contributed by atoms with E-state index in [1.807, 2.05) is 0 Å². The smallest absolute Gasteiger partial charge is 0.163 e. The van der Waals surface area contributed by atoms with Crippen molar-refractivity contribution in [3.63, 3.8) is 0 Å². The van der Waals surface area contributed by atoms with Crippen molar-refractivity contribution < 1.29 is 4.79 Å². The number of nitrogens with two attached hydrogens (primary N) is 1. The van der Waals surface area contributed by atoms with Crippen LogP contribution in [0.25, 0.3) is 0 Å². The van der Waals surface area contributed by atoms with Gasteiger partial charge in [0.2, 0.25) is 0 Å². The van der Waals surface area contributed by atoms with Gasteiger partial charge in [0.05, 0.1) is 0 Å². The summed E-state index contributed by atoms with van der Waals surface area (Å²) in [5.41, 5.74) is 7.75. The van der Waals surface area contributed by atoms with Crippen molar-refractivity contribution in [1.29, 1.82) is 0 Å². The number of carbonyl (C=O) groups is 1. The second-order valence-corrected chi connectivity index (χ2v) is 4.02. The monoisotopic (exact) mass is 275 g/mol. The fraction of sp³-hybridized carbons (Fsp3) is 0.300. The van der Waals surface area contributed by atoms with Gasteiger partial charge in [-0.2, -0.15) is 0 Å². The number of nitrogen functional groups attached to an aromatic ring is 1. The predicted molar refractivity (Wildman–Crippen MR) is 63.2 cm³/mol. The first kappa shape index (κ1) is 11.5. The van der Waals surface area contributed by atoms with Gasteiger partial charge in [-0.3, -0.25) is 4.79 Å². The summed E-state index contributed by atoms with van der Waals surface area (Å²) in [6.45, 7) is 0. The molecule has 0 saturated carbocycles. The number of hydrogen-bond acceptors (Lipinski definition) is 2. The lowest BCUT2D eigenvalue weighted by molar-refractivity contribution is 0.0990. The molecule has 0 aliphatic heterocycles. The first-order chi connectivity index (χ1) is 6.67. The molecule has 0 atom stereocenters. The van der Waals surface area contributed by atoms with Crippen molar-refractivity contribution in [3.05, 3.63) is 29.3 Å². The largest absolute Gasteiger partial charge is 0.399 e. The van der Waals surface area contributed by atoms with E-state index < -0.39 is 0 Å². The molecule has 0 spiro atoms. The zero-order valence-corrected chi connectivity index (χ0v) is 9.94. The van der Waals surface area contributed by atoms with E-state index in [1.54, 1.807) is 18.2 Å². The molecular weight excluding hydrogens is 265 g/mol. The highest BCUT2D eigenvalue weighted by molar-refractivity contribution is 9.09. The van der Waals surface area contributed by atoms with E-state index in [2.05, 4.69) is 15.9 Å². The van der Waals surface area contributed by atoms with Crippen molar-refractivity contribution in [2.24, 2.45) is 0 Å². The molecule has 2 nitrogen and oxygen atoms in total. The molecule has 0 aromatic heterocycles. The molecule has 0 aliphatic carbocycles. The molecule has 0 saturated heterocycles. The topological polar surface area (TPSA) is 43.1 Å². The third-order valence-electron chi connectivity index (χ3n) is 1.81. The molecule has 1 aromatic carbocycles. The van der Waals surface area contributed by atoms with E-state index >= 15 is 0 Å². The van der Waals surface area contributed by atoms with E-state index in [0.29, 0.717) is 28.9 Å². The van der Waals surface area contributed by atoms with E-state index in [9.17, 15) is 4.79 Å². The molecular formula is C10H11BrClNO. The molecule has 1 aromatic rings. The molecule has 0 amide bonds. The summed E-state index contributed by atoms with van der Waals surface area (Å²) in [7, 11) is 0. The average Bonchev–Trinajstić information content (AvgIpc) is 2.17. The molecule has 4 heteroatoms. The van der Waals surface area contributed by atoms with Crippen LogP contribution in [0.5, 0.6) is 0 Å². The molecule has 76 valence electrons. The second-order valence-electron chi connectivity index (χ2n) is 2.96. The summed E-state index contributed by atoms with van der Waals surface area (Å²) < 4.78 is 0. The Bertz CT molecular complexity index is 341. The van der Waals surface area contributed by atoms with Crippen molar-refractivity contribution in [3.8, 4) is 0 Å². The maximum atomic E-state index is 11.5. The zero-order valence-electron chi connectivity index (χ0n) is 7.59. The lowest BCUT2D eigenvalue weighted by Crippen LogP contribution is -2.01. The number of Topliss-reactive ketones (excluding diaryl/α,β-unsaturated/α-hetero) is 1. The van der Waals surface area contributed by atoms with Crippen LogP contribution in [0.1, 0.15) is 22.3 Å². The minimum absolute atomic E-state index is 0.0838. The Morgan fingerprint density at radius 3 is 2.71 bits per heavy atom. The Morgan fingerprint density at radius 1 is 1.43 bits per heavy atom. The maximum Gasteiger partial charge on any atom is 0.163 e. The van der Waals surface area contributed by atoms with Crippen LogP contribution in [-0.4, -0.2) is 11.1 Å². The van der Waals surface area contributed by atoms with Crippen LogP contribution in [0.3, 0.4) is 0 Å². The van der Waals surface area contributed by atoms with Crippen LogP contribution in [-0.2, 0) is 5.88 Å². The maximum absolute atomic E-state index is 11.5. The lowest BCUT2D eigenvalue weighted by Gasteiger charge is -2.03. The number of anilines is 1. The summed E-state index contributed by atoms with van der Waals surface area (Å²) >= 11 is 8.90. The molecule has 0 aliphatic rings. The summed E-state index contributed by atoms with van der Waals surface area (Å²) in [4.78, 5) is 11.5. The van der Waals surface area contributed by atoms with Crippen molar-refractivity contribution in [2.45, 2.75) is 12.3 Å². The number of benzene rings is 1. The van der Waals surface area contributed by atoms with E-state index in [-0.39, 0.29) is 5.78 Å². The molecule has 0 unspecified atom stereocenters. The number of rotatable bonds is 4. The standard InChI is InChI=1S/C10H11BrClNO/c11-2-1-10(14)8-3-7(6-12)4-9(13)5-8/h3-5H,1-2,6,13H2. The lowest BCUT2D eigenvalue weighted by atomic mass is 10.1. The number of carbonyl (C=O) groups excluding carboxylic acids is 1. The number of hydrogen-bond donors (Lipinski definition) is 1. The molecule has 1 rings (SSSR count). The second kappa shape index (κ2) is 5.37. The Labute approximate surface area is 96.6 Å². The van der Waals surface area contributed by atoms with Gasteiger partial charge in [-0.25, -0.2) is 0 Å². The summed E-state index contributed by atoms with van der Waals surface area (Å²) in [6, 6.07) is 5.24. The Balaban J connectivity index is 2.96. The SMILES string of the molecule is Nc1cc(CCl)cc(C(=O)CCBr)c1. The van der Waals surface area contributed by atoms with E-state index in [4.69, 9.17) is 17.3 Å². The highest BCUT2D eigenvalue weighted by Gasteiger charge is 2.06. The van der Waals surface area contributed by atoms with Gasteiger partial charge in [-0.1, -0.05) is 15.9 Å². The zero-order chi connectivity index (χ0) is 10.6. The molecule has 0 heterocycles. The van der Waals surface area contributed by atoms with Gasteiger partial charge in [0.1, 0.15) is 0 Å². The minimum Gasteiger partial charge on any atom is -0.399 e. The Hall–Kier alpha value is -0.540. The van der Waals surface area contributed by atoms with Crippen molar-refractivity contribution in [2.75, 3.05) is 11.1 Å². The molecule has 14 heavy (non-hydrogen) atoms. The fourth-order valence-electron chi connectivity index (χ4n) is 1.19. The number of halogens is 2. The van der Waals surface area contributed by atoms with E-state index in [0.717, 1.165) is 5.56 Å². The minimum atomic E-state index is 0.0838. The van der Waals surface area contributed by atoms with Gasteiger partial charge >= 0.3 is 0 Å². The van der Waals surface area contributed by atoms with Crippen molar-refractivity contribution in [1.82, 2.24) is 0 Å². The van der Waals surface area contributed by atoms with E-state index in [1.165, 1.54) is 0 Å².